The summed E-state index contributed by atoms with van der Waals surface area (Å²) in [6.07, 6.45) is 4.67. The molecule has 0 saturated carbocycles. The Bertz CT molecular complexity index is 434. The minimum absolute atomic E-state index is 0.0544. The maximum absolute atomic E-state index is 12.1. The number of oxime groups is 1. The van der Waals surface area contributed by atoms with E-state index in [1.165, 1.54) is 0 Å². The maximum Gasteiger partial charge on any atom is 0.231 e. The topological polar surface area (TPSA) is 101 Å². The molecule has 1 rings (SSSR count). The Morgan fingerprint density at radius 1 is 1.53 bits per heavy atom. The first-order valence-electron chi connectivity index (χ1n) is 6.27. The SMILES string of the molecule is CCCC(C(=O)NC(C)c1ccncc1)C(N)=NO. The van der Waals surface area contributed by atoms with Crippen LogP contribution in [0, 0.1) is 5.92 Å². The zero-order chi connectivity index (χ0) is 14.3. The standard InChI is InChI=1S/C13H20N4O2/c1-3-4-11(12(14)17-19)13(18)16-9(2)10-5-7-15-8-6-10/h5-9,11,19H,3-4H2,1-2H3,(H2,14,17)(H,16,18). The van der Waals surface area contributed by atoms with Gasteiger partial charge in [0.05, 0.1) is 12.0 Å². The number of nitrogens with two attached hydrogens (primary N) is 1. The van der Waals surface area contributed by atoms with Crippen molar-refractivity contribution in [3.05, 3.63) is 30.1 Å². The van der Waals surface area contributed by atoms with E-state index in [9.17, 15) is 4.79 Å². The minimum atomic E-state index is -0.598. The van der Waals surface area contributed by atoms with Crippen LogP contribution >= 0.6 is 0 Å². The second kappa shape index (κ2) is 7.35. The van der Waals surface area contributed by atoms with Crippen molar-refractivity contribution in [3.8, 4) is 0 Å². The van der Waals surface area contributed by atoms with E-state index in [1.807, 2.05) is 26.0 Å². The van der Waals surface area contributed by atoms with Gasteiger partial charge in [-0.1, -0.05) is 18.5 Å². The molecule has 4 N–H and O–H groups in total. The quantitative estimate of drug-likeness (QED) is 0.313. The van der Waals surface area contributed by atoms with Crippen LogP contribution in [0.4, 0.5) is 0 Å². The molecule has 1 aromatic rings. The molecule has 0 aromatic carbocycles. The summed E-state index contributed by atoms with van der Waals surface area (Å²) < 4.78 is 0. The Kier molecular flexibility index (Phi) is 5.78. The normalized spacial score (nSPS) is 14.7. The number of carbonyl (C=O) groups excluding carboxylic acids is 1. The molecule has 1 amide bonds. The van der Waals surface area contributed by atoms with Crippen molar-refractivity contribution < 1.29 is 10.0 Å². The number of hydrogen-bond acceptors (Lipinski definition) is 4. The molecule has 0 aliphatic heterocycles. The lowest BCUT2D eigenvalue weighted by atomic mass is 10.0. The number of amides is 1. The van der Waals surface area contributed by atoms with Crippen molar-refractivity contribution in [2.45, 2.75) is 32.7 Å². The van der Waals surface area contributed by atoms with E-state index in [4.69, 9.17) is 10.9 Å². The summed E-state index contributed by atoms with van der Waals surface area (Å²) in [5, 5.41) is 14.5. The highest BCUT2D eigenvalue weighted by molar-refractivity contribution is 6.02. The van der Waals surface area contributed by atoms with Gasteiger partial charge in [-0.05, 0) is 31.0 Å². The van der Waals surface area contributed by atoms with Crippen molar-refractivity contribution in [3.63, 3.8) is 0 Å². The van der Waals surface area contributed by atoms with Gasteiger partial charge < -0.3 is 16.3 Å². The molecule has 2 unspecified atom stereocenters. The summed E-state index contributed by atoms with van der Waals surface area (Å²) in [6, 6.07) is 3.52. The van der Waals surface area contributed by atoms with Gasteiger partial charge in [-0.25, -0.2) is 0 Å². The number of nitrogens with zero attached hydrogens (tertiary/aromatic N) is 2. The molecule has 0 spiro atoms. The van der Waals surface area contributed by atoms with Gasteiger partial charge in [-0.15, -0.1) is 0 Å². The average Bonchev–Trinajstić information content (AvgIpc) is 2.44. The summed E-state index contributed by atoms with van der Waals surface area (Å²) in [7, 11) is 0. The second-order valence-electron chi connectivity index (χ2n) is 4.38. The largest absolute Gasteiger partial charge is 0.409 e. The third-order valence-electron chi connectivity index (χ3n) is 2.93. The Hall–Kier alpha value is -2.11. The van der Waals surface area contributed by atoms with E-state index in [0.29, 0.717) is 6.42 Å². The average molecular weight is 264 g/mol. The van der Waals surface area contributed by atoms with Gasteiger partial charge >= 0.3 is 0 Å². The molecule has 104 valence electrons. The van der Waals surface area contributed by atoms with Crippen molar-refractivity contribution in [1.82, 2.24) is 10.3 Å². The number of rotatable bonds is 6. The van der Waals surface area contributed by atoms with Gasteiger partial charge in [-0.2, -0.15) is 0 Å². The van der Waals surface area contributed by atoms with Crippen LogP contribution < -0.4 is 11.1 Å². The van der Waals surface area contributed by atoms with Crippen LogP contribution in [-0.4, -0.2) is 21.9 Å². The van der Waals surface area contributed by atoms with Crippen LogP contribution in [-0.2, 0) is 4.79 Å². The fourth-order valence-corrected chi connectivity index (χ4v) is 1.82. The number of hydrogen-bond donors (Lipinski definition) is 3. The third-order valence-corrected chi connectivity index (χ3v) is 2.93. The molecule has 0 aliphatic carbocycles. The van der Waals surface area contributed by atoms with Crippen molar-refractivity contribution in [1.29, 1.82) is 0 Å². The molecule has 0 bridgehead atoms. The molecule has 6 heteroatoms. The molecular weight excluding hydrogens is 244 g/mol. The molecular formula is C13H20N4O2. The number of amidine groups is 1. The first-order chi connectivity index (χ1) is 9.10. The Labute approximate surface area is 112 Å². The third kappa shape index (κ3) is 4.24. The molecule has 1 heterocycles. The number of pyridine rings is 1. The fourth-order valence-electron chi connectivity index (χ4n) is 1.82. The predicted molar refractivity (Wildman–Crippen MR) is 72.6 cm³/mol. The lowest BCUT2D eigenvalue weighted by Gasteiger charge is -2.19. The second-order valence-corrected chi connectivity index (χ2v) is 4.38. The molecule has 0 saturated heterocycles. The first-order valence-corrected chi connectivity index (χ1v) is 6.27. The maximum atomic E-state index is 12.1. The molecule has 0 radical (unpaired) electrons. The van der Waals surface area contributed by atoms with Crippen LogP contribution in [0.15, 0.2) is 29.7 Å². The monoisotopic (exact) mass is 264 g/mol. The lowest BCUT2D eigenvalue weighted by Crippen LogP contribution is -2.39. The van der Waals surface area contributed by atoms with Crippen LogP contribution in [0.3, 0.4) is 0 Å². The first kappa shape index (κ1) is 14.9. The van der Waals surface area contributed by atoms with E-state index < -0.39 is 5.92 Å². The van der Waals surface area contributed by atoms with Gasteiger partial charge in [0.1, 0.15) is 0 Å². The summed E-state index contributed by atoms with van der Waals surface area (Å²) in [4.78, 5) is 16.0. The minimum Gasteiger partial charge on any atom is -0.409 e. The molecule has 2 atom stereocenters. The number of nitrogens with one attached hydrogen (secondary N) is 1. The molecule has 0 aliphatic rings. The smallest absolute Gasteiger partial charge is 0.231 e. The van der Waals surface area contributed by atoms with Crippen LogP contribution in [0.1, 0.15) is 38.3 Å². The number of carbonyl (C=O) groups is 1. The van der Waals surface area contributed by atoms with Crippen LogP contribution in [0.5, 0.6) is 0 Å². The molecule has 19 heavy (non-hydrogen) atoms. The van der Waals surface area contributed by atoms with Gasteiger partial charge in [0.2, 0.25) is 5.91 Å². The predicted octanol–water partition coefficient (Wildman–Crippen LogP) is 1.42. The van der Waals surface area contributed by atoms with Crippen molar-refractivity contribution in [2.75, 3.05) is 0 Å². The fraction of sp³-hybridized carbons (Fsp3) is 0.462. The summed E-state index contributed by atoms with van der Waals surface area (Å²) in [5.41, 5.74) is 6.50. The van der Waals surface area contributed by atoms with Gasteiger partial charge in [0, 0.05) is 12.4 Å². The van der Waals surface area contributed by atoms with Gasteiger partial charge in [0.25, 0.3) is 0 Å². The van der Waals surface area contributed by atoms with Crippen molar-refractivity contribution >= 4 is 11.7 Å². The van der Waals surface area contributed by atoms with E-state index in [0.717, 1.165) is 12.0 Å². The highest BCUT2D eigenvalue weighted by atomic mass is 16.4. The Balaban J connectivity index is 2.71. The summed E-state index contributed by atoms with van der Waals surface area (Å²) in [5.74, 6) is -0.887. The van der Waals surface area contributed by atoms with Crippen LogP contribution in [0.25, 0.3) is 0 Å². The van der Waals surface area contributed by atoms with E-state index in [2.05, 4.69) is 15.5 Å². The zero-order valence-electron chi connectivity index (χ0n) is 11.2. The van der Waals surface area contributed by atoms with Crippen LogP contribution in [0.2, 0.25) is 0 Å². The highest BCUT2D eigenvalue weighted by Gasteiger charge is 2.23. The Morgan fingerprint density at radius 2 is 2.16 bits per heavy atom. The highest BCUT2D eigenvalue weighted by Crippen LogP contribution is 2.13. The van der Waals surface area contributed by atoms with Crippen molar-refractivity contribution in [2.24, 2.45) is 16.8 Å². The molecule has 1 aromatic heterocycles. The molecule has 0 fully saturated rings. The molecule has 6 nitrogen and oxygen atoms in total. The van der Waals surface area contributed by atoms with E-state index in [1.54, 1.807) is 12.4 Å². The number of aromatic nitrogens is 1. The van der Waals surface area contributed by atoms with E-state index >= 15 is 0 Å². The summed E-state index contributed by atoms with van der Waals surface area (Å²) >= 11 is 0. The van der Waals surface area contributed by atoms with Gasteiger partial charge in [-0.3, -0.25) is 9.78 Å². The van der Waals surface area contributed by atoms with Gasteiger partial charge in [0.15, 0.2) is 5.84 Å². The lowest BCUT2D eigenvalue weighted by molar-refractivity contribution is -0.123. The Morgan fingerprint density at radius 3 is 2.68 bits per heavy atom. The summed E-state index contributed by atoms with van der Waals surface area (Å²) in [6.45, 7) is 3.82. The van der Waals surface area contributed by atoms with E-state index in [-0.39, 0.29) is 17.8 Å². The zero-order valence-corrected chi connectivity index (χ0v) is 11.2.